The van der Waals surface area contributed by atoms with Gasteiger partial charge >= 0.3 is 0 Å². The lowest BCUT2D eigenvalue weighted by atomic mass is 10.1. The number of rotatable bonds is 1. The third-order valence-electron chi connectivity index (χ3n) is 2.79. The van der Waals surface area contributed by atoms with Gasteiger partial charge in [-0.3, -0.25) is 9.63 Å². The molecule has 2 heterocycles. The minimum absolute atomic E-state index is 0.0194. The molecular formula is C9H16N2O3. The maximum absolute atomic E-state index is 11.8. The number of aliphatic hydroxyl groups excluding tert-OH is 1. The van der Waals surface area contributed by atoms with E-state index in [1.165, 1.54) is 5.06 Å². The van der Waals surface area contributed by atoms with E-state index in [1.807, 2.05) is 7.05 Å². The Balaban J connectivity index is 1.89. The number of amides is 1. The first-order valence-corrected chi connectivity index (χ1v) is 4.97. The van der Waals surface area contributed by atoms with Gasteiger partial charge in [-0.15, -0.1) is 0 Å². The Morgan fingerprint density at radius 1 is 1.50 bits per heavy atom. The molecule has 80 valence electrons. The lowest BCUT2D eigenvalue weighted by Crippen LogP contribution is -2.35. The summed E-state index contributed by atoms with van der Waals surface area (Å²) < 4.78 is 0. The molecule has 0 aromatic heterocycles. The van der Waals surface area contributed by atoms with Crippen molar-refractivity contribution in [3.63, 3.8) is 0 Å². The molecular weight excluding hydrogens is 184 g/mol. The van der Waals surface area contributed by atoms with Gasteiger partial charge in [-0.05, 0) is 20.0 Å². The minimum atomic E-state index is -0.516. The van der Waals surface area contributed by atoms with Crippen molar-refractivity contribution in [2.45, 2.75) is 12.5 Å². The quantitative estimate of drug-likeness (QED) is 0.594. The zero-order chi connectivity index (χ0) is 10.1. The second-order valence-corrected chi connectivity index (χ2v) is 4.10. The van der Waals surface area contributed by atoms with E-state index in [2.05, 4.69) is 4.90 Å². The van der Waals surface area contributed by atoms with E-state index in [9.17, 15) is 9.90 Å². The number of aliphatic hydroxyl groups is 1. The van der Waals surface area contributed by atoms with Crippen LogP contribution in [0.4, 0.5) is 0 Å². The monoisotopic (exact) mass is 200 g/mol. The van der Waals surface area contributed by atoms with Crippen molar-refractivity contribution in [3.05, 3.63) is 0 Å². The standard InChI is InChI=1S/C9H16N2O3/c1-10-3-2-7(4-10)9(13)11-5-8(12)6-14-11/h7-8,12H,2-6H2,1H3/t7?,8-/m0/s1. The summed E-state index contributed by atoms with van der Waals surface area (Å²) >= 11 is 0. The molecule has 14 heavy (non-hydrogen) atoms. The lowest BCUT2D eigenvalue weighted by Gasteiger charge is -2.18. The van der Waals surface area contributed by atoms with E-state index in [0.29, 0.717) is 6.54 Å². The van der Waals surface area contributed by atoms with Crippen molar-refractivity contribution in [2.75, 3.05) is 33.3 Å². The normalized spacial score (nSPS) is 34.0. The van der Waals surface area contributed by atoms with Crippen LogP contribution in [0.3, 0.4) is 0 Å². The lowest BCUT2D eigenvalue weighted by molar-refractivity contribution is -0.173. The molecule has 0 aliphatic carbocycles. The highest BCUT2D eigenvalue weighted by atomic mass is 16.7. The number of hydroxylamine groups is 2. The molecule has 0 aromatic rings. The van der Waals surface area contributed by atoms with Crippen molar-refractivity contribution < 1.29 is 14.7 Å². The van der Waals surface area contributed by atoms with Gasteiger partial charge in [-0.2, -0.15) is 0 Å². The molecule has 0 bridgehead atoms. The Hall–Kier alpha value is -0.650. The predicted octanol–water partition coefficient (Wildman–Crippen LogP) is -0.927. The number of likely N-dealkylation sites (tertiary alicyclic amines) is 1. The third-order valence-corrected chi connectivity index (χ3v) is 2.79. The molecule has 1 amide bonds. The predicted molar refractivity (Wildman–Crippen MR) is 49.3 cm³/mol. The van der Waals surface area contributed by atoms with Gasteiger partial charge in [0.15, 0.2) is 0 Å². The highest BCUT2D eigenvalue weighted by molar-refractivity contribution is 5.78. The molecule has 2 rings (SSSR count). The van der Waals surface area contributed by atoms with Crippen LogP contribution in [0.2, 0.25) is 0 Å². The number of hydrogen-bond acceptors (Lipinski definition) is 4. The van der Waals surface area contributed by atoms with Crippen molar-refractivity contribution >= 4 is 5.91 Å². The number of β-amino-alcohol motifs (C(OH)–C–C–N with tert-alkyl or cyclic N) is 1. The zero-order valence-corrected chi connectivity index (χ0v) is 8.35. The summed E-state index contributed by atoms with van der Waals surface area (Å²) in [4.78, 5) is 19.0. The SMILES string of the molecule is CN1CCC(C(=O)N2C[C@H](O)CO2)C1. The first kappa shape index (κ1) is 9.89. The summed E-state index contributed by atoms with van der Waals surface area (Å²) in [5.74, 6) is 0.0659. The van der Waals surface area contributed by atoms with Gasteiger partial charge in [-0.25, -0.2) is 5.06 Å². The summed E-state index contributed by atoms with van der Waals surface area (Å²) in [6, 6.07) is 0. The maximum Gasteiger partial charge on any atom is 0.250 e. The van der Waals surface area contributed by atoms with Gasteiger partial charge < -0.3 is 10.0 Å². The molecule has 1 N–H and O–H groups in total. The van der Waals surface area contributed by atoms with Gasteiger partial charge in [0.25, 0.3) is 5.91 Å². The van der Waals surface area contributed by atoms with E-state index in [4.69, 9.17) is 4.84 Å². The zero-order valence-electron chi connectivity index (χ0n) is 8.35. The highest BCUT2D eigenvalue weighted by Crippen LogP contribution is 2.19. The Labute approximate surface area is 83.2 Å². The third kappa shape index (κ3) is 1.89. The van der Waals surface area contributed by atoms with E-state index in [0.717, 1.165) is 19.5 Å². The van der Waals surface area contributed by atoms with Crippen LogP contribution in [0.25, 0.3) is 0 Å². The number of carbonyl (C=O) groups excluding carboxylic acids is 1. The van der Waals surface area contributed by atoms with Gasteiger partial charge in [0, 0.05) is 6.54 Å². The van der Waals surface area contributed by atoms with Crippen LogP contribution >= 0.6 is 0 Å². The van der Waals surface area contributed by atoms with E-state index >= 15 is 0 Å². The smallest absolute Gasteiger partial charge is 0.250 e. The molecule has 5 heteroatoms. The van der Waals surface area contributed by atoms with Crippen LogP contribution in [-0.4, -0.2) is 60.4 Å². The first-order chi connectivity index (χ1) is 6.66. The molecule has 0 aromatic carbocycles. The summed E-state index contributed by atoms with van der Waals surface area (Å²) in [7, 11) is 2.01. The minimum Gasteiger partial charge on any atom is -0.389 e. The Kier molecular flexibility index (Phi) is 2.71. The largest absolute Gasteiger partial charge is 0.389 e. The maximum atomic E-state index is 11.8. The van der Waals surface area contributed by atoms with Gasteiger partial charge in [0.1, 0.15) is 6.61 Å². The average Bonchev–Trinajstić information content (AvgIpc) is 2.73. The topological polar surface area (TPSA) is 53.0 Å². The molecule has 0 radical (unpaired) electrons. The highest BCUT2D eigenvalue weighted by Gasteiger charge is 2.34. The Bertz CT molecular complexity index is 212. The molecule has 2 aliphatic rings. The van der Waals surface area contributed by atoms with E-state index in [-0.39, 0.29) is 18.4 Å². The van der Waals surface area contributed by atoms with Crippen LogP contribution < -0.4 is 0 Å². The van der Waals surface area contributed by atoms with Gasteiger partial charge in [-0.1, -0.05) is 0 Å². The number of carbonyl (C=O) groups is 1. The molecule has 2 atom stereocenters. The summed E-state index contributed by atoms with van der Waals surface area (Å²) in [6.45, 7) is 2.33. The molecule has 5 nitrogen and oxygen atoms in total. The van der Waals surface area contributed by atoms with Crippen LogP contribution in [0.1, 0.15) is 6.42 Å². The molecule has 0 saturated carbocycles. The van der Waals surface area contributed by atoms with Crippen molar-refractivity contribution in [3.8, 4) is 0 Å². The van der Waals surface area contributed by atoms with Crippen LogP contribution in [0, 0.1) is 5.92 Å². The summed E-state index contributed by atoms with van der Waals surface area (Å²) in [5.41, 5.74) is 0. The fraction of sp³-hybridized carbons (Fsp3) is 0.889. The van der Waals surface area contributed by atoms with Crippen molar-refractivity contribution in [2.24, 2.45) is 5.92 Å². The molecule has 0 spiro atoms. The van der Waals surface area contributed by atoms with Crippen LogP contribution in [0.5, 0.6) is 0 Å². The second kappa shape index (κ2) is 3.84. The van der Waals surface area contributed by atoms with Gasteiger partial charge in [0.05, 0.1) is 18.6 Å². The number of nitrogens with zero attached hydrogens (tertiary/aromatic N) is 2. The van der Waals surface area contributed by atoms with E-state index in [1.54, 1.807) is 0 Å². The summed E-state index contributed by atoms with van der Waals surface area (Å²) in [6.07, 6.45) is 0.378. The van der Waals surface area contributed by atoms with Gasteiger partial charge in [0.2, 0.25) is 0 Å². The molecule has 2 saturated heterocycles. The first-order valence-electron chi connectivity index (χ1n) is 4.97. The van der Waals surface area contributed by atoms with Crippen LogP contribution in [-0.2, 0) is 9.63 Å². The molecule has 2 aliphatic heterocycles. The Morgan fingerprint density at radius 2 is 2.29 bits per heavy atom. The number of hydrogen-bond donors (Lipinski definition) is 1. The fourth-order valence-electron chi connectivity index (χ4n) is 1.97. The molecule has 1 unspecified atom stereocenters. The summed E-state index contributed by atoms with van der Waals surface area (Å²) in [5, 5.41) is 10.5. The Morgan fingerprint density at radius 3 is 2.79 bits per heavy atom. The van der Waals surface area contributed by atoms with Crippen LogP contribution in [0.15, 0.2) is 0 Å². The molecule has 2 fully saturated rings. The van der Waals surface area contributed by atoms with Crippen molar-refractivity contribution in [1.29, 1.82) is 0 Å². The second-order valence-electron chi connectivity index (χ2n) is 4.10. The average molecular weight is 200 g/mol. The van der Waals surface area contributed by atoms with Crippen molar-refractivity contribution in [1.82, 2.24) is 9.96 Å². The van der Waals surface area contributed by atoms with E-state index < -0.39 is 6.10 Å². The fourth-order valence-corrected chi connectivity index (χ4v) is 1.97.